The molecule has 0 amide bonds. The molecule has 1 aromatic carbocycles. The number of benzene rings is 1. The number of rotatable bonds is 7. The lowest BCUT2D eigenvalue weighted by molar-refractivity contribution is 0.0697. The van der Waals surface area contributed by atoms with Crippen LogP contribution in [-0.2, 0) is 6.54 Å². The van der Waals surface area contributed by atoms with Gasteiger partial charge in [-0.2, -0.15) is 11.8 Å². The van der Waals surface area contributed by atoms with E-state index in [4.69, 9.17) is 5.11 Å². The van der Waals surface area contributed by atoms with Gasteiger partial charge in [-0.25, -0.2) is 4.79 Å². The van der Waals surface area contributed by atoms with E-state index in [-0.39, 0.29) is 0 Å². The van der Waals surface area contributed by atoms with Crippen molar-refractivity contribution in [3.8, 4) is 0 Å². The van der Waals surface area contributed by atoms with Gasteiger partial charge in [-0.15, -0.1) is 0 Å². The lowest BCUT2D eigenvalue weighted by Crippen LogP contribution is -2.27. The van der Waals surface area contributed by atoms with Gasteiger partial charge in [-0.3, -0.25) is 0 Å². The molecule has 4 heteroatoms. The van der Waals surface area contributed by atoms with E-state index >= 15 is 0 Å². The minimum atomic E-state index is -0.878. The molecule has 1 unspecified atom stereocenters. The van der Waals surface area contributed by atoms with E-state index in [2.05, 4.69) is 19.2 Å². The first-order valence-corrected chi connectivity index (χ1v) is 6.92. The number of aromatic carboxylic acids is 1. The molecular weight excluding hydrogens is 234 g/mol. The third kappa shape index (κ3) is 5.24. The maximum Gasteiger partial charge on any atom is 0.335 e. The van der Waals surface area contributed by atoms with Crippen molar-refractivity contribution in [3.05, 3.63) is 35.4 Å². The van der Waals surface area contributed by atoms with E-state index in [1.807, 2.05) is 23.9 Å². The summed E-state index contributed by atoms with van der Waals surface area (Å²) in [6.07, 6.45) is 0. The first-order valence-electron chi connectivity index (χ1n) is 5.76. The molecule has 94 valence electrons. The first kappa shape index (κ1) is 14.1. The summed E-state index contributed by atoms with van der Waals surface area (Å²) < 4.78 is 0. The van der Waals surface area contributed by atoms with Crippen molar-refractivity contribution in [1.29, 1.82) is 0 Å². The summed E-state index contributed by atoms with van der Waals surface area (Å²) in [4.78, 5) is 10.7. The van der Waals surface area contributed by atoms with Gasteiger partial charge in [0.1, 0.15) is 0 Å². The van der Waals surface area contributed by atoms with Crippen LogP contribution in [0.1, 0.15) is 29.8 Å². The molecule has 0 spiro atoms. The third-order valence-corrected chi connectivity index (χ3v) is 3.57. The van der Waals surface area contributed by atoms with Crippen molar-refractivity contribution < 1.29 is 9.90 Å². The lowest BCUT2D eigenvalue weighted by atomic mass is 10.1. The molecule has 0 heterocycles. The maximum absolute atomic E-state index is 10.7. The van der Waals surface area contributed by atoms with Crippen LogP contribution in [0.5, 0.6) is 0 Å². The van der Waals surface area contributed by atoms with Gasteiger partial charge in [0.2, 0.25) is 0 Å². The van der Waals surface area contributed by atoms with Crippen LogP contribution in [0, 0.1) is 0 Å². The first-order chi connectivity index (χ1) is 8.13. The number of nitrogens with one attached hydrogen (secondary N) is 1. The van der Waals surface area contributed by atoms with Gasteiger partial charge >= 0.3 is 5.97 Å². The van der Waals surface area contributed by atoms with E-state index in [0.717, 1.165) is 23.6 Å². The predicted octanol–water partition coefficient (Wildman–Crippen LogP) is 2.62. The highest BCUT2D eigenvalue weighted by atomic mass is 32.2. The van der Waals surface area contributed by atoms with E-state index in [1.54, 1.807) is 12.1 Å². The Hall–Kier alpha value is -1.00. The third-order valence-electron chi connectivity index (χ3n) is 2.43. The number of carboxylic acids is 1. The zero-order chi connectivity index (χ0) is 12.7. The van der Waals surface area contributed by atoms with Crippen LogP contribution in [-0.4, -0.2) is 28.6 Å². The molecule has 0 aliphatic heterocycles. The molecule has 17 heavy (non-hydrogen) atoms. The molecule has 1 rings (SSSR count). The zero-order valence-corrected chi connectivity index (χ0v) is 11.1. The van der Waals surface area contributed by atoms with Gasteiger partial charge in [0.25, 0.3) is 0 Å². The molecule has 2 N–H and O–H groups in total. The Morgan fingerprint density at radius 2 is 2.06 bits per heavy atom. The van der Waals surface area contributed by atoms with Crippen LogP contribution >= 0.6 is 11.8 Å². The highest BCUT2D eigenvalue weighted by Gasteiger charge is 2.03. The fraction of sp³-hybridized carbons (Fsp3) is 0.462. The number of carbonyl (C=O) groups is 1. The highest BCUT2D eigenvalue weighted by Crippen LogP contribution is 2.06. The Labute approximate surface area is 107 Å². The zero-order valence-electron chi connectivity index (χ0n) is 10.3. The molecule has 0 bridgehead atoms. The summed E-state index contributed by atoms with van der Waals surface area (Å²) in [7, 11) is 0. The number of thioether (sulfide) groups is 1. The molecule has 0 aliphatic carbocycles. The van der Waals surface area contributed by atoms with Crippen molar-refractivity contribution in [3.63, 3.8) is 0 Å². The van der Waals surface area contributed by atoms with Crippen LogP contribution in [0.4, 0.5) is 0 Å². The Morgan fingerprint density at radius 3 is 2.59 bits per heavy atom. The molecule has 0 fully saturated rings. The van der Waals surface area contributed by atoms with Gasteiger partial charge in [0.05, 0.1) is 5.56 Å². The molecule has 0 radical (unpaired) electrons. The topological polar surface area (TPSA) is 49.3 Å². The molecule has 0 aromatic heterocycles. The second kappa shape index (κ2) is 7.35. The fourth-order valence-corrected chi connectivity index (χ4v) is 2.12. The molecule has 0 saturated carbocycles. The summed E-state index contributed by atoms with van der Waals surface area (Å²) in [5, 5.41) is 12.2. The highest BCUT2D eigenvalue weighted by molar-refractivity contribution is 7.99. The summed E-state index contributed by atoms with van der Waals surface area (Å²) >= 11 is 1.92. The Balaban J connectivity index is 2.39. The average Bonchev–Trinajstić information content (AvgIpc) is 2.34. The Kier molecular flexibility index (Phi) is 6.08. The summed E-state index contributed by atoms with van der Waals surface area (Å²) in [6, 6.07) is 7.47. The molecule has 0 aliphatic rings. The Morgan fingerprint density at radius 1 is 1.41 bits per heavy atom. The summed E-state index contributed by atoms with van der Waals surface area (Å²) in [6.45, 7) is 5.10. The number of carboxylic acid groups (broad SMARTS) is 1. The second-order valence-corrected chi connectivity index (χ2v) is 5.26. The fourth-order valence-electron chi connectivity index (χ4n) is 1.41. The van der Waals surface area contributed by atoms with Crippen LogP contribution < -0.4 is 5.32 Å². The van der Waals surface area contributed by atoms with Gasteiger partial charge in [-0.1, -0.05) is 19.1 Å². The quantitative estimate of drug-likeness (QED) is 0.784. The van der Waals surface area contributed by atoms with Gasteiger partial charge in [0, 0.05) is 18.3 Å². The van der Waals surface area contributed by atoms with Crippen LogP contribution in [0.15, 0.2) is 24.3 Å². The second-order valence-electron chi connectivity index (χ2n) is 3.94. The normalized spacial score (nSPS) is 12.4. The van der Waals surface area contributed by atoms with Crippen LogP contribution in [0.25, 0.3) is 0 Å². The van der Waals surface area contributed by atoms with Crippen LogP contribution in [0.3, 0.4) is 0 Å². The largest absolute Gasteiger partial charge is 0.478 e. The number of hydrogen-bond donors (Lipinski definition) is 2. The minimum absolute atomic E-state index is 0.336. The molecular formula is C13H19NO2S. The molecule has 3 nitrogen and oxygen atoms in total. The smallest absolute Gasteiger partial charge is 0.335 e. The predicted molar refractivity (Wildman–Crippen MR) is 72.7 cm³/mol. The monoisotopic (exact) mass is 253 g/mol. The van der Waals surface area contributed by atoms with E-state index in [0.29, 0.717) is 11.6 Å². The van der Waals surface area contributed by atoms with Crippen molar-refractivity contribution in [1.82, 2.24) is 5.32 Å². The van der Waals surface area contributed by atoms with Crippen molar-refractivity contribution in [2.75, 3.05) is 11.5 Å². The standard InChI is InChI=1S/C13H19NO2S/c1-3-17-9-10(2)14-8-11-4-6-12(7-5-11)13(15)16/h4-7,10,14H,3,8-9H2,1-2H3,(H,15,16). The lowest BCUT2D eigenvalue weighted by Gasteiger charge is -2.13. The van der Waals surface area contributed by atoms with E-state index in [1.165, 1.54) is 0 Å². The number of hydrogen-bond acceptors (Lipinski definition) is 3. The minimum Gasteiger partial charge on any atom is -0.478 e. The molecule has 1 aromatic rings. The van der Waals surface area contributed by atoms with Crippen molar-refractivity contribution in [2.45, 2.75) is 26.4 Å². The van der Waals surface area contributed by atoms with Crippen LogP contribution in [0.2, 0.25) is 0 Å². The Bertz CT molecular complexity index is 351. The summed E-state index contributed by atoms with van der Waals surface area (Å²) in [5.74, 6) is 1.36. The van der Waals surface area contributed by atoms with E-state index < -0.39 is 5.97 Å². The van der Waals surface area contributed by atoms with Gasteiger partial charge in [-0.05, 0) is 30.4 Å². The van der Waals surface area contributed by atoms with Gasteiger partial charge in [0.15, 0.2) is 0 Å². The van der Waals surface area contributed by atoms with E-state index in [9.17, 15) is 4.79 Å². The molecule has 0 saturated heterocycles. The van der Waals surface area contributed by atoms with Crippen molar-refractivity contribution in [2.24, 2.45) is 0 Å². The average molecular weight is 253 g/mol. The van der Waals surface area contributed by atoms with Crippen molar-refractivity contribution >= 4 is 17.7 Å². The maximum atomic E-state index is 10.7. The summed E-state index contributed by atoms with van der Waals surface area (Å²) in [5.41, 5.74) is 1.45. The van der Waals surface area contributed by atoms with Gasteiger partial charge < -0.3 is 10.4 Å². The molecule has 1 atom stereocenters. The SMILES string of the molecule is CCSCC(C)NCc1ccc(C(=O)O)cc1.